The number of ether oxygens (including phenoxy) is 1. The molecule has 2 aromatic heterocycles. The second-order valence-corrected chi connectivity index (χ2v) is 6.18. The van der Waals surface area contributed by atoms with Gasteiger partial charge in [-0.2, -0.15) is 0 Å². The number of rotatable bonds is 4. The van der Waals surface area contributed by atoms with E-state index in [-0.39, 0.29) is 18.3 Å². The molecule has 23 heavy (non-hydrogen) atoms. The number of aromatic nitrogens is 2. The molecule has 2 heterocycles. The monoisotopic (exact) mass is 349 g/mol. The highest BCUT2D eigenvalue weighted by Gasteiger charge is 2.07. The van der Waals surface area contributed by atoms with E-state index < -0.39 is 0 Å². The Morgan fingerprint density at radius 2 is 2.35 bits per heavy atom. The van der Waals surface area contributed by atoms with Crippen LogP contribution in [0.2, 0.25) is 0 Å². The third-order valence-corrected chi connectivity index (χ3v) is 4.22. The molecular weight excluding hydrogens is 334 g/mol. The quantitative estimate of drug-likeness (QED) is 0.754. The Balaban J connectivity index is 0.000000229. The van der Waals surface area contributed by atoms with Crippen LogP contribution in [0.5, 0.6) is 5.75 Å². The van der Waals surface area contributed by atoms with E-state index in [4.69, 9.17) is 4.74 Å². The Morgan fingerprint density at radius 3 is 2.96 bits per heavy atom. The van der Waals surface area contributed by atoms with Crippen LogP contribution in [0.4, 0.5) is 5.13 Å². The third kappa shape index (κ3) is 5.13. The number of carbonyl (C=O) groups is 1. The standard InChI is InChI=1S/C10H10N2O3S.C5H5NS/c1-15-5-9(14)12-10-11-7-3-2-6(13)4-8(7)16-10;1-2-5-6-3-4-7-5/h2-4,13H,5H2,1H3,(H,11,12,14);2-4H,1H2. The molecule has 0 aliphatic heterocycles. The molecule has 0 fully saturated rings. The molecule has 6 nitrogen and oxygen atoms in total. The van der Waals surface area contributed by atoms with Gasteiger partial charge in [0.25, 0.3) is 5.91 Å². The van der Waals surface area contributed by atoms with Crippen LogP contribution in [0.1, 0.15) is 5.01 Å². The summed E-state index contributed by atoms with van der Waals surface area (Å²) >= 11 is 2.90. The second-order valence-electron chi connectivity index (χ2n) is 4.23. The molecule has 0 radical (unpaired) electrons. The second kappa shape index (κ2) is 8.37. The van der Waals surface area contributed by atoms with Gasteiger partial charge in [0.2, 0.25) is 0 Å². The number of nitrogens with zero attached hydrogens (tertiary/aromatic N) is 2. The Morgan fingerprint density at radius 1 is 1.52 bits per heavy atom. The van der Waals surface area contributed by atoms with Gasteiger partial charge in [-0.15, -0.1) is 11.3 Å². The van der Waals surface area contributed by atoms with E-state index in [0.29, 0.717) is 5.13 Å². The lowest BCUT2D eigenvalue weighted by Gasteiger charge is -1.98. The van der Waals surface area contributed by atoms with Gasteiger partial charge >= 0.3 is 0 Å². The highest BCUT2D eigenvalue weighted by molar-refractivity contribution is 7.22. The average molecular weight is 349 g/mol. The van der Waals surface area contributed by atoms with Crippen LogP contribution < -0.4 is 5.32 Å². The predicted molar refractivity (Wildman–Crippen MR) is 94.0 cm³/mol. The molecule has 0 aliphatic carbocycles. The molecule has 3 aromatic rings. The van der Waals surface area contributed by atoms with Gasteiger partial charge in [0, 0.05) is 18.7 Å². The Kier molecular flexibility index (Phi) is 6.21. The number of aromatic hydroxyl groups is 1. The van der Waals surface area contributed by atoms with E-state index in [2.05, 4.69) is 21.9 Å². The van der Waals surface area contributed by atoms with Crippen molar-refractivity contribution in [2.24, 2.45) is 0 Å². The van der Waals surface area contributed by atoms with Gasteiger partial charge in [0.15, 0.2) is 5.13 Å². The van der Waals surface area contributed by atoms with Crippen LogP contribution in [0.25, 0.3) is 16.3 Å². The summed E-state index contributed by atoms with van der Waals surface area (Å²) in [4.78, 5) is 19.4. The fourth-order valence-corrected chi connectivity index (χ4v) is 2.98. The smallest absolute Gasteiger partial charge is 0.252 e. The first-order chi connectivity index (χ1) is 11.1. The van der Waals surface area contributed by atoms with Crippen LogP contribution in [0, 0.1) is 0 Å². The molecule has 0 aliphatic rings. The van der Waals surface area contributed by atoms with E-state index >= 15 is 0 Å². The number of amides is 1. The van der Waals surface area contributed by atoms with Crippen LogP contribution >= 0.6 is 22.7 Å². The van der Waals surface area contributed by atoms with Crippen LogP contribution in [-0.2, 0) is 9.53 Å². The van der Waals surface area contributed by atoms with Crippen LogP contribution in [0.15, 0.2) is 36.4 Å². The normalized spacial score (nSPS) is 9.96. The number of phenols is 1. The third-order valence-electron chi connectivity index (χ3n) is 2.52. The highest BCUT2D eigenvalue weighted by Crippen LogP contribution is 2.28. The molecule has 2 N–H and O–H groups in total. The molecule has 0 saturated heterocycles. The number of nitrogens with one attached hydrogen (secondary N) is 1. The topological polar surface area (TPSA) is 84.3 Å². The number of benzene rings is 1. The molecule has 3 rings (SSSR count). The lowest BCUT2D eigenvalue weighted by Crippen LogP contribution is -2.16. The number of phenolic OH excluding ortho intramolecular Hbond substituents is 1. The van der Waals surface area contributed by atoms with Gasteiger partial charge in [-0.3, -0.25) is 10.1 Å². The summed E-state index contributed by atoms with van der Waals surface area (Å²) in [7, 11) is 1.45. The summed E-state index contributed by atoms with van der Waals surface area (Å²) in [6, 6.07) is 4.87. The molecule has 0 unspecified atom stereocenters. The van der Waals surface area contributed by atoms with Crippen LogP contribution in [-0.4, -0.2) is 34.7 Å². The zero-order valence-electron chi connectivity index (χ0n) is 12.4. The average Bonchev–Trinajstić information content (AvgIpc) is 3.16. The summed E-state index contributed by atoms with van der Waals surface area (Å²) in [6.07, 6.45) is 3.51. The molecular formula is C15H15N3O3S2. The van der Waals surface area contributed by atoms with Gasteiger partial charge in [-0.25, -0.2) is 9.97 Å². The van der Waals surface area contributed by atoms with Crippen molar-refractivity contribution in [3.63, 3.8) is 0 Å². The van der Waals surface area contributed by atoms with Crippen molar-refractivity contribution in [1.29, 1.82) is 0 Å². The molecule has 1 amide bonds. The van der Waals surface area contributed by atoms with E-state index in [9.17, 15) is 9.90 Å². The molecule has 0 saturated carbocycles. The zero-order valence-corrected chi connectivity index (χ0v) is 14.0. The van der Waals surface area contributed by atoms with Crippen molar-refractivity contribution < 1.29 is 14.6 Å². The highest BCUT2D eigenvalue weighted by atomic mass is 32.1. The van der Waals surface area contributed by atoms with Gasteiger partial charge in [-0.1, -0.05) is 17.9 Å². The molecule has 0 atom stereocenters. The number of anilines is 1. The first-order valence-electron chi connectivity index (χ1n) is 6.52. The van der Waals surface area contributed by atoms with E-state index in [1.54, 1.807) is 41.8 Å². The fraction of sp³-hybridized carbons (Fsp3) is 0.133. The molecule has 120 valence electrons. The summed E-state index contributed by atoms with van der Waals surface area (Å²) in [6.45, 7) is 3.55. The fourth-order valence-electron chi connectivity index (χ4n) is 1.59. The maximum atomic E-state index is 11.2. The number of fused-ring (bicyclic) bond motifs is 1. The van der Waals surface area contributed by atoms with E-state index in [0.717, 1.165) is 15.2 Å². The summed E-state index contributed by atoms with van der Waals surface area (Å²) in [5.74, 6) is -0.0586. The predicted octanol–water partition coefficient (Wildman–Crippen LogP) is 3.37. The van der Waals surface area contributed by atoms with Crippen molar-refractivity contribution in [1.82, 2.24) is 9.97 Å². The van der Waals surface area contributed by atoms with Crippen molar-refractivity contribution in [3.05, 3.63) is 41.4 Å². The molecule has 0 bridgehead atoms. The van der Waals surface area contributed by atoms with E-state index in [1.807, 2.05) is 5.38 Å². The molecule has 1 aromatic carbocycles. The summed E-state index contributed by atoms with van der Waals surface area (Å²) < 4.78 is 5.52. The number of methoxy groups -OCH3 is 1. The van der Waals surface area contributed by atoms with Crippen LogP contribution in [0.3, 0.4) is 0 Å². The lowest BCUT2D eigenvalue weighted by molar-refractivity contribution is -0.119. The minimum Gasteiger partial charge on any atom is -0.508 e. The van der Waals surface area contributed by atoms with Crippen molar-refractivity contribution >= 4 is 50.0 Å². The maximum Gasteiger partial charge on any atom is 0.252 e. The van der Waals surface area contributed by atoms with Gasteiger partial charge < -0.3 is 9.84 Å². The van der Waals surface area contributed by atoms with Gasteiger partial charge in [0.1, 0.15) is 17.4 Å². The number of thiazole rings is 2. The largest absolute Gasteiger partial charge is 0.508 e. The Bertz CT molecular complexity index is 784. The minimum atomic E-state index is -0.245. The first-order valence-corrected chi connectivity index (χ1v) is 8.22. The van der Waals surface area contributed by atoms with Crippen molar-refractivity contribution in [3.8, 4) is 5.75 Å². The minimum absolute atomic E-state index is 0.00117. The van der Waals surface area contributed by atoms with Gasteiger partial charge in [0.05, 0.1) is 10.2 Å². The maximum absolute atomic E-state index is 11.2. The van der Waals surface area contributed by atoms with Crippen molar-refractivity contribution in [2.75, 3.05) is 19.0 Å². The molecule has 0 spiro atoms. The van der Waals surface area contributed by atoms with E-state index in [1.165, 1.54) is 18.4 Å². The zero-order chi connectivity index (χ0) is 16.7. The molecule has 8 heteroatoms. The number of carbonyl (C=O) groups excluding carboxylic acids is 1. The number of hydrogen-bond donors (Lipinski definition) is 2. The number of hydrogen-bond acceptors (Lipinski definition) is 7. The SMILES string of the molecule is C=Cc1nccs1.COCC(=O)Nc1nc2ccc(O)cc2s1. The first kappa shape index (κ1) is 17.1. The summed E-state index contributed by atoms with van der Waals surface area (Å²) in [5.41, 5.74) is 0.746. The lowest BCUT2D eigenvalue weighted by atomic mass is 10.3. The summed E-state index contributed by atoms with van der Waals surface area (Å²) in [5, 5.41) is 15.3. The van der Waals surface area contributed by atoms with Crippen molar-refractivity contribution in [2.45, 2.75) is 0 Å². The van der Waals surface area contributed by atoms with Gasteiger partial charge in [-0.05, 0) is 24.3 Å². The Labute approximate surface area is 141 Å². The Hall–Kier alpha value is -2.29.